The van der Waals surface area contributed by atoms with Gasteiger partial charge in [0.15, 0.2) is 0 Å². The van der Waals surface area contributed by atoms with E-state index >= 15 is 0 Å². The van der Waals surface area contributed by atoms with Crippen LogP contribution in [0.2, 0.25) is 0 Å². The van der Waals surface area contributed by atoms with Gasteiger partial charge in [-0.1, -0.05) is 25.1 Å². The number of anilines is 1. The van der Waals surface area contributed by atoms with Crippen molar-refractivity contribution in [3.05, 3.63) is 29.3 Å². The van der Waals surface area contributed by atoms with Gasteiger partial charge in [0, 0.05) is 12.2 Å². The number of aryl methyl sites for hydroxylation is 2. The van der Waals surface area contributed by atoms with Crippen LogP contribution in [-0.2, 0) is 11.2 Å². The predicted molar refractivity (Wildman–Crippen MR) is 64.7 cm³/mol. The highest BCUT2D eigenvalue weighted by Gasteiger charge is 2.12. The van der Waals surface area contributed by atoms with Crippen LogP contribution < -0.4 is 11.1 Å². The Hall–Kier alpha value is -1.55. The average molecular weight is 222 g/mol. The van der Waals surface area contributed by atoms with E-state index < -0.39 is 12.0 Å². The molecule has 1 aromatic rings. The molecule has 0 aliphatic rings. The molecule has 0 bridgehead atoms. The number of hydrogen-bond acceptors (Lipinski definition) is 3. The molecule has 1 unspecified atom stereocenters. The van der Waals surface area contributed by atoms with Crippen LogP contribution in [0, 0.1) is 6.92 Å². The zero-order valence-corrected chi connectivity index (χ0v) is 9.66. The van der Waals surface area contributed by atoms with E-state index in [9.17, 15) is 4.79 Å². The first-order valence-corrected chi connectivity index (χ1v) is 5.37. The second-order valence-corrected chi connectivity index (χ2v) is 3.79. The smallest absolute Gasteiger partial charge is 0.322 e. The molecule has 1 rings (SSSR count). The van der Waals surface area contributed by atoms with Gasteiger partial charge in [0.1, 0.15) is 6.04 Å². The molecule has 0 spiro atoms. The summed E-state index contributed by atoms with van der Waals surface area (Å²) < 4.78 is 0. The fourth-order valence-corrected chi connectivity index (χ4v) is 1.58. The summed E-state index contributed by atoms with van der Waals surface area (Å²) in [6, 6.07) is 5.15. The van der Waals surface area contributed by atoms with Crippen molar-refractivity contribution in [2.45, 2.75) is 26.3 Å². The van der Waals surface area contributed by atoms with E-state index in [2.05, 4.69) is 12.2 Å². The monoisotopic (exact) mass is 222 g/mol. The van der Waals surface area contributed by atoms with Crippen molar-refractivity contribution in [1.82, 2.24) is 0 Å². The standard InChI is InChI=1S/C12H18N2O2/c1-3-9-6-4-5-8(2)11(9)14-7-10(13)12(15)16/h4-6,10,14H,3,7,13H2,1-2H3,(H,15,16). The minimum atomic E-state index is -0.987. The predicted octanol–water partition coefficient (Wildman–Crippen LogP) is 1.38. The summed E-state index contributed by atoms with van der Waals surface area (Å²) in [7, 11) is 0. The third-order valence-corrected chi connectivity index (χ3v) is 2.56. The molecule has 0 aliphatic carbocycles. The van der Waals surface area contributed by atoms with Gasteiger partial charge in [0.05, 0.1) is 0 Å². The quantitative estimate of drug-likeness (QED) is 0.703. The van der Waals surface area contributed by atoms with Crippen molar-refractivity contribution in [1.29, 1.82) is 0 Å². The second kappa shape index (κ2) is 5.51. The normalized spacial score (nSPS) is 12.2. The lowest BCUT2D eigenvalue weighted by atomic mass is 10.1. The summed E-state index contributed by atoms with van der Waals surface area (Å²) in [5, 5.41) is 11.8. The highest BCUT2D eigenvalue weighted by Crippen LogP contribution is 2.20. The summed E-state index contributed by atoms with van der Waals surface area (Å²) in [5.74, 6) is -0.987. The van der Waals surface area contributed by atoms with Gasteiger partial charge in [-0.2, -0.15) is 0 Å². The number of para-hydroxylation sites is 1. The van der Waals surface area contributed by atoms with Gasteiger partial charge in [-0.3, -0.25) is 4.79 Å². The summed E-state index contributed by atoms with van der Waals surface area (Å²) in [5.41, 5.74) is 8.73. The number of benzene rings is 1. The van der Waals surface area contributed by atoms with Crippen LogP contribution in [0.5, 0.6) is 0 Å². The summed E-state index contributed by atoms with van der Waals surface area (Å²) >= 11 is 0. The fourth-order valence-electron chi connectivity index (χ4n) is 1.58. The molecule has 1 atom stereocenters. The minimum Gasteiger partial charge on any atom is -0.480 e. The Morgan fingerprint density at radius 3 is 2.81 bits per heavy atom. The van der Waals surface area contributed by atoms with Crippen LogP contribution in [-0.4, -0.2) is 23.7 Å². The molecule has 0 heterocycles. The Labute approximate surface area is 95.5 Å². The van der Waals surface area contributed by atoms with E-state index in [1.54, 1.807) is 0 Å². The van der Waals surface area contributed by atoms with Crippen molar-refractivity contribution in [3.8, 4) is 0 Å². The Balaban J connectivity index is 2.76. The number of hydrogen-bond donors (Lipinski definition) is 3. The van der Waals surface area contributed by atoms with Crippen molar-refractivity contribution in [2.75, 3.05) is 11.9 Å². The second-order valence-electron chi connectivity index (χ2n) is 3.79. The highest BCUT2D eigenvalue weighted by atomic mass is 16.4. The lowest BCUT2D eigenvalue weighted by Crippen LogP contribution is -2.37. The van der Waals surface area contributed by atoms with Crippen LogP contribution >= 0.6 is 0 Å². The Kier molecular flexibility index (Phi) is 4.31. The molecule has 0 saturated carbocycles. The maximum atomic E-state index is 10.6. The third-order valence-electron chi connectivity index (χ3n) is 2.56. The SMILES string of the molecule is CCc1cccc(C)c1NCC(N)C(=O)O. The van der Waals surface area contributed by atoms with Crippen molar-refractivity contribution in [3.63, 3.8) is 0 Å². The van der Waals surface area contributed by atoms with Crippen molar-refractivity contribution in [2.24, 2.45) is 5.73 Å². The molecule has 0 aliphatic heterocycles. The van der Waals surface area contributed by atoms with Gasteiger partial charge >= 0.3 is 5.97 Å². The molecular formula is C12H18N2O2. The van der Waals surface area contributed by atoms with Crippen molar-refractivity contribution >= 4 is 11.7 Å². The van der Waals surface area contributed by atoms with Crippen LogP contribution in [0.15, 0.2) is 18.2 Å². The first-order chi connectivity index (χ1) is 7.56. The van der Waals surface area contributed by atoms with E-state index in [1.807, 2.05) is 25.1 Å². The molecule has 4 N–H and O–H groups in total. The van der Waals surface area contributed by atoms with E-state index in [0.29, 0.717) is 0 Å². The molecule has 4 nitrogen and oxygen atoms in total. The maximum Gasteiger partial charge on any atom is 0.322 e. The van der Waals surface area contributed by atoms with E-state index in [-0.39, 0.29) is 6.54 Å². The molecule has 16 heavy (non-hydrogen) atoms. The Bertz CT molecular complexity index is 377. The van der Waals surface area contributed by atoms with Crippen LogP contribution in [0.25, 0.3) is 0 Å². The lowest BCUT2D eigenvalue weighted by molar-refractivity contribution is -0.138. The summed E-state index contributed by atoms with van der Waals surface area (Å²) in [6.45, 7) is 4.30. The number of aliphatic carboxylic acids is 1. The van der Waals surface area contributed by atoms with Crippen molar-refractivity contribution < 1.29 is 9.90 Å². The van der Waals surface area contributed by atoms with Crippen LogP contribution in [0.1, 0.15) is 18.1 Å². The van der Waals surface area contributed by atoms with Gasteiger partial charge < -0.3 is 16.2 Å². The molecule has 0 amide bonds. The molecule has 0 aromatic heterocycles. The van der Waals surface area contributed by atoms with Gasteiger partial charge in [-0.05, 0) is 24.5 Å². The highest BCUT2D eigenvalue weighted by molar-refractivity contribution is 5.74. The van der Waals surface area contributed by atoms with E-state index in [4.69, 9.17) is 10.8 Å². The number of carbonyl (C=O) groups is 1. The zero-order chi connectivity index (χ0) is 12.1. The molecule has 0 radical (unpaired) electrons. The largest absolute Gasteiger partial charge is 0.480 e. The number of carboxylic acids is 1. The third kappa shape index (κ3) is 2.97. The zero-order valence-electron chi connectivity index (χ0n) is 9.66. The van der Waals surface area contributed by atoms with Gasteiger partial charge in [-0.25, -0.2) is 0 Å². The molecule has 4 heteroatoms. The number of nitrogens with one attached hydrogen (secondary N) is 1. The molecule has 88 valence electrons. The van der Waals surface area contributed by atoms with E-state index in [0.717, 1.165) is 17.7 Å². The molecule has 0 fully saturated rings. The molecular weight excluding hydrogens is 204 g/mol. The molecule has 0 saturated heterocycles. The fraction of sp³-hybridized carbons (Fsp3) is 0.417. The summed E-state index contributed by atoms with van der Waals surface area (Å²) in [4.78, 5) is 10.6. The number of rotatable bonds is 5. The number of nitrogens with two attached hydrogens (primary N) is 1. The summed E-state index contributed by atoms with van der Waals surface area (Å²) in [6.07, 6.45) is 0.909. The van der Waals surface area contributed by atoms with Crippen LogP contribution in [0.3, 0.4) is 0 Å². The average Bonchev–Trinajstić information content (AvgIpc) is 2.26. The van der Waals surface area contributed by atoms with Crippen LogP contribution in [0.4, 0.5) is 5.69 Å². The topological polar surface area (TPSA) is 75.3 Å². The number of carboxylic acid groups (broad SMARTS) is 1. The minimum absolute atomic E-state index is 0.243. The van der Waals surface area contributed by atoms with Gasteiger partial charge in [-0.15, -0.1) is 0 Å². The molecule has 1 aromatic carbocycles. The Morgan fingerprint density at radius 1 is 1.56 bits per heavy atom. The maximum absolute atomic E-state index is 10.6. The first kappa shape index (κ1) is 12.5. The Morgan fingerprint density at radius 2 is 2.25 bits per heavy atom. The van der Waals surface area contributed by atoms with Gasteiger partial charge in [0.2, 0.25) is 0 Å². The van der Waals surface area contributed by atoms with E-state index in [1.165, 1.54) is 5.56 Å². The first-order valence-electron chi connectivity index (χ1n) is 5.37. The van der Waals surface area contributed by atoms with Gasteiger partial charge in [0.25, 0.3) is 0 Å². The lowest BCUT2D eigenvalue weighted by Gasteiger charge is -2.15.